The van der Waals surface area contributed by atoms with Gasteiger partial charge in [-0.25, -0.2) is 0 Å². The molecule has 0 aliphatic carbocycles. The van der Waals surface area contributed by atoms with Gasteiger partial charge in [0.1, 0.15) is 0 Å². The molecule has 0 aromatic heterocycles. The molecule has 1 aromatic carbocycles. The highest BCUT2D eigenvalue weighted by molar-refractivity contribution is 8.14. The van der Waals surface area contributed by atoms with Gasteiger partial charge < -0.3 is 5.11 Å². The van der Waals surface area contributed by atoms with E-state index in [2.05, 4.69) is 0 Å². The van der Waals surface area contributed by atoms with Crippen molar-refractivity contribution in [2.75, 3.05) is 5.75 Å². The molecule has 0 spiro atoms. The van der Waals surface area contributed by atoms with Gasteiger partial charge in [0.15, 0.2) is 0 Å². The van der Waals surface area contributed by atoms with E-state index in [1.54, 1.807) is 19.1 Å². The van der Waals surface area contributed by atoms with Crippen LogP contribution in [0, 0.1) is 12.8 Å². The Morgan fingerprint density at radius 1 is 1.31 bits per heavy atom. The predicted molar refractivity (Wildman–Crippen MR) is 64.8 cm³/mol. The Morgan fingerprint density at radius 3 is 2.38 bits per heavy atom. The lowest BCUT2D eigenvalue weighted by atomic mass is 10.2. The molecule has 0 fully saturated rings. The molecule has 3 nitrogen and oxygen atoms in total. The van der Waals surface area contributed by atoms with Crippen LogP contribution >= 0.6 is 11.8 Å². The molecule has 4 heteroatoms. The average molecular weight is 238 g/mol. The van der Waals surface area contributed by atoms with E-state index >= 15 is 0 Å². The number of aryl methyl sites for hydroxylation is 1. The van der Waals surface area contributed by atoms with Gasteiger partial charge in [-0.1, -0.05) is 48.5 Å². The molecule has 1 rings (SSSR count). The molecule has 1 N–H and O–H groups in total. The van der Waals surface area contributed by atoms with Gasteiger partial charge in [0, 0.05) is 11.3 Å². The second-order valence-electron chi connectivity index (χ2n) is 3.70. The maximum absolute atomic E-state index is 11.7. The summed E-state index contributed by atoms with van der Waals surface area (Å²) in [6.45, 7) is 3.55. The van der Waals surface area contributed by atoms with Gasteiger partial charge in [0.05, 0.1) is 5.92 Å². The van der Waals surface area contributed by atoms with Crippen LogP contribution in [0.15, 0.2) is 24.3 Å². The first-order valence-corrected chi connectivity index (χ1v) is 5.96. The standard InChI is InChI=1S/C12H14O3S/c1-8-3-5-10(6-4-8)12(15)16-7-9(2)11(13)14/h3-6,9H,7H2,1-2H3,(H,13,14)/t9-/m0/s1. The van der Waals surface area contributed by atoms with Gasteiger partial charge >= 0.3 is 5.97 Å². The molecule has 0 aliphatic heterocycles. The van der Waals surface area contributed by atoms with Crippen LogP contribution in [0.1, 0.15) is 22.8 Å². The Hall–Kier alpha value is -1.29. The number of aliphatic carboxylic acids is 1. The summed E-state index contributed by atoms with van der Waals surface area (Å²) in [5.41, 5.74) is 1.72. The molecule has 0 aliphatic rings. The number of hydrogen-bond donors (Lipinski definition) is 1. The Balaban J connectivity index is 2.53. The van der Waals surface area contributed by atoms with Crippen molar-refractivity contribution in [1.29, 1.82) is 0 Å². The number of hydrogen-bond acceptors (Lipinski definition) is 3. The predicted octanol–water partition coefficient (Wildman–Crippen LogP) is 2.59. The van der Waals surface area contributed by atoms with E-state index < -0.39 is 11.9 Å². The fourth-order valence-corrected chi connectivity index (χ4v) is 1.89. The Bertz CT molecular complexity index is 384. The maximum atomic E-state index is 11.7. The molecule has 86 valence electrons. The number of rotatable bonds is 4. The van der Waals surface area contributed by atoms with Crippen molar-refractivity contribution in [1.82, 2.24) is 0 Å². The van der Waals surface area contributed by atoms with Gasteiger partial charge in [-0.3, -0.25) is 9.59 Å². The van der Waals surface area contributed by atoms with E-state index in [0.717, 1.165) is 17.3 Å². The third kappa shape index (κ3) is 3.70. The van der Waals surface area contributed by atoms with Crippen molar-refractivity contribution in [3.63, 3.8) is 0 Å². The first-order chi connectivity index (χ1) is 7.50. The third-order valence-corrected chi connectivity index (χ3v) is 3.34. The monoisotopic (exact) mass is 238 g/mol. The lowest BCUT2D eigenvalue weighted by Crippen LogP contribution is -2.13. The van der Waals surface area contributed by atoms with Crippen LogP contribution in [0.4, 0.5) is 0 Å². The Kier molecular flexibility index (Phi) is 4.55. The molecular formula is C12H14O3S. The summed E-state index contributed by atoms with van der Waals surface area (Å²) in [7, 11) is 0. The van der Waals surface area contributed by atoms with Crippen LogP contribution in [-0.4, -0.2) is 21.9 Å². The number of carboxylic acids is 1. The number of carbonyl (C=O) groups excluding carboxylic acids is 1. The normalized spacial score (nSPS) is 12.1. The van der Waals surface area contributed by atoms with E-state index in [-0.39, 0.29) is 5.12 Å². The van der Waals surface area contributed by atoms with Crippen LogP contribution in [0.25, 0.3) is 0 Å². The highest BCUT2D eigenvalue weighted by atomic mass is 32.2. The van der Waals surface area contributed by atoms with Gasteiger partial charge in [0.25, 0.3) is 0 Å². The molecule has 1 aromatic rings. The summed E-state index contributed by atoms with van der Waals surface area (Å²) < 4.78 is 0. The van der Waals surface area contributed by atoms with E-state index in [0.29, 0.717) is 11.3 Å². The maximum Gasteiger partial charge on any atom is 0.307 e. The Labute approximate surface area is 98.9 Å². The quantitative estimate of drug-likeness (QED) is 0.876. The lowest BCUT2D eigenvalue weighted by molar-refractivity contribution is -0.140. The summed E-state index contributed by atoms with van der Waals surface area (Å²) in [6, 6.07) is 7.26. The molecule has 0 unspecified atom stereocenters. The third-order valence-electron chi connectivity index (χ3n) is 2.17. The highest BCUT2D eigenvalue weighted by Gasteiger charge is 2.14. The summed E-state index contributed by atoms with van der Waals surface area (Å²) in [5, 5.41) is 8.60. The van der Waals surface area contributed by atoms with Crippen molar-refractivity contribution in [2.24, 2.45) is 5.92 Å². The molecule has 16 heavy (non-hydrogen) atoms. The second kappa shape index (κ2) is 5.70. The van der Waals surface area contributed by atoms with Crippen LogP contribution in [0.5, 0.6) is 0 Å². The molecular weight excluding hydrogens is 224 g/mol. The minimum atomic E-state index is -0.871. The van der Waals surface area contributed by atoms with Crippen LogP contribution in [0.2, 0.25) is 0 Å². The molecule has 0 radical (unpaired) electrons. The van der Waals surface area contributed by atoms with E-state index in [4.69, 9.17) is 5.11 Å². The summed E-state index contributed by atoms with van der Waals surface area (Å²) in [5.74, 6) is -1.06. The topological polar surface area (TPSA) is 54.4 Å². The second-order valence-corrected chi connectivity index (χ2v) is 4.70. The molecule has 0 bridgehead atoms. The van der Waals surface area contributed by atoms with Crippen molar-refractivity contribution >= 4 is 22.8 Å². The number of benzene rings is 1. The van der Waals surface area contributed by atoms with Crippen molar-refractivity contribution in [2.45, 2.75) is 13.8 Å². The SMILES string of the molecule is Cc1ccc(C(=O)SC[C@H](C)C(=O)O)cc1. The summed E-state index contributed by atoms with van der Waals surface area (Å²) >= 11 is 1.05. The van der Waals surface area contributed by atoms with Crippen molar-refractivity contribution in [3.8, 4) is 0 Å². The molecule has 0 saturated heterocycles. The molecule has 0 saturated carbocycles. The zero-order chi connectivity index (χ0) is 12.1. The molecule has 1 atom stereocenters. The first kappa shape index (κ1) is 12.8. The number of carbonyl (C=O) groups is 2. The van der Waals surface area contributed by atoms with Crippen molar-refractivity contribution < 1.29 is 14.7 Å². The minimum absolute atomic E-state index is 0.0758. The van der Waals surface area contributed by atoms with Gasteiger partial charge in [0.2, 0.25) is 5.12 Å². The van der Waals surface area contributed by atoms with Gasteiger partial charge in [-0.2, -0.15) is 0 Å². The smallest absolute Gasteiger partial charge is 0.307 e. The zero-order valence-corrected chi connectivity index (χ0v) is 10.1. The lowest BCUT2D eigenvalue weighted by Gasteiger charge is -2.04. The van der Waals surface area contributed by atoms with Crippen LogP contribution < -0.4 is 0 Å². The average Bonchev–Trinajstić information content (AvgIpc) is 2.26. The largest absolute Gasteiger partial charge is 0.481 e. The summed E-state index contributed by atoms with van der Waals surface area (Å²) in [6.07, 6.45) is 0. The van der Waals surface area contributed by atoms with Crippen LogP contribution in [-0.2, 0) is 4.79 Å². The number of thioether (sulfide) groups is 1. The van der Waals surface area contributed by atoms with Crippen molar-refractivity contribution in [3.05, 3.63) is 35.4 Å². The molecule has 0 heterocycles. The summed E-state index contributed by atoms with van der Waals surface area (Å²) in [4.78, 5) is 22.2. The first-order valence-electron chi connectivity index (χ1n) is 4.97. The van der Waals surface area contributed by atoms with Gasteiger partial charge in [-0.05, 0) is 6.92 Å². The number of carboxylic acid groups (broad SMARTS) is 1. The van der Waals surface area contributed by atoms with E-state index in [1.165, 1.54) is 0 Å². The molecule has 0 amide bonds. The van der Waals surface area contributed by atoms with E-state index in [1.807, 2.05) is 19.1 Å². The fraction of sp³-hybridized carbons (Fsp3) is 0.333. The minimum Gasteiger partial charge on any atom is -0.481 e. The highest BCUT2D eigenvalue weighted by Crippen LogP contribution is 2.16. The zero-order valence-electron chi connectivity index (χ0n) is 9.27. The van der Waals surface area contributed by atoms with E-state index in [9.17, 15) is 9.59 Å². The Morgan fingerprint density at radius 2 is 1.88 bits per heavy atom. The van der Waals surface area contributed by atoms with Gasteiger partial charge in [-0.15, -0.1) is 0 Å². The fourth-order valence-electron chi connectivity index (χ4n) is 1.04. The van der Waals surface area contributed by atoms with Crippen LogP contribution in [0.3, 0.4) is 0 Å².